The van der Waals surface area contributed by atoms with Crippen molar-refractivity contribution >= 4 is 29.4 Å². The van der Waals surface area contributed by atoms with Crippen molar-refractivity contribution in [3.05, 3.63) is 16.3 Å². The second-order valence-corrected chi connectivity index (χ2v) is 8.76. The van der Waals surface area contributed by atoms with E-state index in [1.165, 1.54) is 4.57 Å². The Balaban J connectivity index is 2.02. The van der Waals surface area contributed by atoms with E-state index in [0.717, 1.165) is 0 Å². The molecule has 10 heteroatoms. The fourth-order valence-electron chi connectivity index (χ4n) is 3.86. The van der Waals surface area contributed by atoms with E-state index < -0.39 is 11.3 Å². The van der Waals surface area contributed by atoms with Gasteiger partial charge in [-0.05, 0) is 41.5 Å². The lowest BCUT2D eigenvalue weighted by Gasteiger charge is -2.44. The zero-order valence-corrected chi connectivity index (χ0v) is 18.7. The van der Waals surface area contributed by atoms with E-state index in [1.54, 1.807) is 16.5 Å². The van der Waals surface area contributed by atoms with Crippen LogP contribution in [0.25, 0.3) is 11.2 Å². The van der Waals surface area contributed by atoms with Crippen LogP contribution in [0.3, 0.4) is 0 Å². The molecule has 1 saturated heterocycles. The smallest absolute Gasteiger partial charge is 0.410 e. The van der Waals surface area contributed by atoms with Crippen molar-refractivity contribution < 1.29 is 14.3 Å². The highest BCUT2D eigenvalue weighted by Gasteiger charge is 2.36. The molecule has 0 aromatic carbocycles. The number of ether oxygens (including phenoxy) is 1. The summed E-state index contributed by atoms with van der Waals surface area (Å²) in [6.45, 7) is 12.7. The van der Waals surface area contributed by atoms with Gasteiger partial charge in [-0.1, -0.05) is 0 Å². The molecule has 10 nitrogen and oxygen atoms in total. The number of imidazole rings is 1. The molecular weight excluding hydrogens is 388 g/mol. The van der Waals surface area contributed by atoms with Crippen LogP contribution in [0.1, 0.15) is 52.2 Å². The number of hydrogen-bond acceptors (Lipinski definition) is 7. The molecule has 0 bridgehead atoms. The van der Waals surface area contributed by atoms with Gasteiger partial charge in [0.2, 0.25) is 0 Å². The molecule has 0 radical (unpaired) electrons. The van der Waals surface area contributed by atoms with Crippen LogP contribution in [0, 0.1) is 0 Å². The van der Waals surface area contributed by atoms with Crippen LogP contribution in [0.5, 0.6) is 0 Å². The van der Waals surface area contributed by atoms with Crippen molar-refractivity contribution in [1.82, 2.24) is 24.0 Å². The predicted octanol–water partition coefficient (Wildman–Crippen LogP) is 1.80. The Morgan fingerprint density at radius 1 is 1.20 bits per heavy atom. The molecular formula is C20H30N6O4. The van der Waals surface area contributed by atoms with Gasteiger partial charge in [-0.3, -0.25) is 9.36 Å². The summed E-state index contributed by atoms with van der Waals surface area (Å²) in [4.78, 5) is 49.1. The van der Waals surface area contributed by atoms with Crippen molar-refractivity contribution in [2.24, 2.45) is 7.05 Å². The monoisotopic (exact) mass is 418 g/mol. The molecule has 3 rings (SSSR count). The number of aromatic nitrogens is 4. The SMILES string of the molecule is CCn1c(C=O)nc2c(N3C[C@@H](C)N(C(=O)OC(C)(C)C)C[C@@H]3C)nc(=O)n(C)c21. The van der Waals surface area contributed by atoms with Crippen molar-refractivity contribution in [3.8, 4) is 0 Å². The first-order chi connectivity index (χ1) is 14.0. The van der Waals surface area contributed by atoms with Crippen LogP contribution in [0.15, 0.2) is 4.79 Å². The third kappa shape index (κ3) is 3.78. The number of fused-ring (bicyclic) bond motifs is 1. The fourth-order valence-corrected chi connectivity index (χ4v) is 3.86. The van der Waals surface area contributed by atoms with Crippen LogP contribution in [0.4, 0.5) is 10.6 Å². The van der Waals surface area contributed by atoms with E-state index in [-0.39, 0.29) is 24.0 Å². The molecule has 0 aliphatic carbocycles. The molecule has 1 aliphatic heterocycles. The predicted molar refractivity (Wildman–Crippen MR) is 113 cm³/mol. The molecule has 2 aromatic rings. The Labute approximate surface area is 175 Å². The third-order valence-corrected chi connectivity index (χ3v) is 5.30. The highest BCUT2D eigenvalue weighted by atomic mass is 16.6. The van der Waals surface area contributed by atoms with Gasteiger partial charge in [0.25, 0.3) is 0 Å². The molecule has 3 heterocycles. The summed E-state index contributed by atoms with van der Waals surface area (Å²) in [5.74, 6) is 0.691. The number of piperazine rings is 1. The largest absolute Gasteiger partial charge is 0.444 e. The standard InChI is InChI=1S/C20H30N6O4/c1-8-24-14(11-27)21-15-16(22-18(28)23(7)17(15)24)25-9-13(3)26(10-12(25)2)19(29)30-20(4,5)6/h11-13H,8-10H2,1-7H3/t12-,13+/m0/s1. The van der Waals surface area contributed by atoms with E-state index in [2.05, 4.69) is 9.97 Å². The summed E-state index contributed by atoms with van der Waals surface area (Å²) in [6, 6.07) is -0.279. The van der Waals surface area contributed by atoms with Crippen molar-refractivity contribution in [2.75, 3.05) is 18.0 Å². The molecule has 164 valence electrons. The van der Waals surface area contributed by atoms with E-state index in [0.29, 0.717) is 42.9 Å². The van der Waals surface area contributed by atoms with Gasteiger partial charge in [0, 0.05) is 38.8 Å². The summed E-state index contributed by atoms with van der Waals surface area (Å²) >= 11 is 0. The van der Waals surface area contributed by atoms with Gasteiger partial charge in [-0.15, -0.1) is 0 Å². The number of carbonyl (C=O) groups is 2. The maximum Gasteiger partial charge on any atom is 0.410 e. The Bertz CT molecular complexity index is 1030. The average Bonchev–Trinajstić information content (AvgIpc) is 3.03. The van der Waals surface area contributed by atoms with E-state index in [1.807, 2.05) is 46.4 Å². The zero-order chi connectivity index (χ0) is 22.4. The summed E-state index contributed by atoms with van der Waals surface area (Å²) in [5, 5.41) is 0. The maximum absolute atomic E-state index is 12.6. The first-order valence-corrected chi connectivity index (χ1v) is 10.2. The van der Waals surface area contributed by atoms with Gasteiger partial charge in [-0.2, -0.15) is 4.98 Å². The molecule has 30 heavy (non-hydrogen) atoms. The Morgan fingerprint density at radius 2 is 1.87 bits per heavy atom. The minimum Gasteiger partial charge on any atom is -0.444 e. The second-order valence-electron chi connectivity index (χ2n) is 8.76. The van der Waals surface area contributed by atoms with Crippen LogP contribution < -0.4 is 10.6 Å². The Kier molecular flexibility index (Phi) is 5.62. The Morgan fingerprint density at radius 3 is 2.43 bits per heavy atom. The summed E-state index contributed by atoms with van der Waals surface area (Å²) in [6.07, 6.45) is 0.326. The molecule has 1 fully saturated rings. The van der Waals surface area contributed by atoms with Crippen molar-refractivity contribution in [1.29, 1.82) is 0 Å². The number of aryl methyl sites for hydroxylation is 2. The molecule has 0 unspecified atom stereocenters. The maximum atomic E-state index is 12.6. The van der Waals surface area contributed by atoms with Gasteiger partial charge in [0.1, 0.15) is 16.8 Å². The number of amides is 1. The van der Waals surface area contributed by atoms with Gasteiger partial charge in [0.15, 0.2) is 17.9 Å². The number of hydrogen-bond donors (Lipinski definition) is 0. The van der Waals surface area contributed by atoms with Crippen molar-refractivity contribution in [3.63, 3.8) is 0 Å². The fraction of sp³-hybridized carbons (Fsp3) is 0.650. The zero-order valence-electron chi connectivity index (χ0n) is 18.7. The number of rotatable bonds is 3. The first kappa shape index (κ1) is 21.8. The number of anilines is 1. The quantitative estimate of drug-likeness (QED) is 0.700. The normalized spacial score (nSPS) is 20.0. The highest BCUT2D eigenvalue weighted by molar-refractivity contribution is 5.88. The van der Waals surface area contributed by atoms with Crippen LogP contribution >= 0.6 is 0 Å². The number of aldehydes is 1. The topological polar surface area (TPSA) is 103 Å². The second kappa shape index (κ2) is 7.73. The molecule has 2 atom stereocenters. The Hall–Kier alpha value is -2.91. The van der Waals surface area contributed by atoms with Crippen molar-refractivity contribution in [2.45, 2.75) is 65.8 Å². The van der Waals surface area contributed by atoms with Crippen LogP contribution in [-0.4, -0.2) is 67.2 Å². The van der Waals surface area contributed by atoms with Gasteiger partial charge < -0.3 is 19.1 Å². The minimum absolute atomic E-state index is 0.122. The average molecular weight is 418 g/mol. The summed E-state index contributed by atoms with van der Waals surface area (Å²) in [7, 11) is 1.62. The summed E-state index contributed by atoms with van der Waals surface area (Å²) in [5.41, 5.74) is 0.0724. The van der Waals surface area contributed by atoms with E-state index in [9.17, 15) is 14.4 Å². The van der Waals surface area contributed by atoms with Gasteiger partial charge >= 0.3 is 11.8 Å². The third-order valence-electron chi connectivity index (χ3n) is 5.30. The number of carbonyl (C=O) groups excluding carboxylic acids is 2. The van der Waals surface area contributed by atoms with Gasteiger partial charge in [0.05, 0.1) is 0 Å². The van der Waals surface area contributed by atoms with Crippen LogP contribution in [-0.2, 0) is 18.3 Å². The van der Waals surface area contributed by atoms with E-state index >= 15 is 0 Å². The lowest BCUT2D eigenvalue weighted by atomic mass is 10.1. The molecule has 1 aliphatic rings. The lowest BCUT2D eigenvalue weighted by molar-refractivity contribution is 0.0130. The van der Waals surface area contributed by atoms with Gasteiger partial charge in [-0.25, -0.2) is 14.6 Å². The summed E-state index contributed by atoms with van der Waals surface area (Å²) < 4.78 is 8.65. The van der Waals surface area contributed by atoms with E-state index in [4.69, 9.17) is 4.74 Å². The molecule has 0 N–H and O–H groups in total. The van der Waals surface area contributed by atoms with Crippen LogP contribution in [0.2, 0.25) is 0 Å². The first-order valence-electron chi connectivity index (χ1n) is 10.2. The molecule has 2 aromatic heterocycles. The lowest BCUT2D eigenvalue weighted by Crippen LogP contribution is -2.59. The minimum atomic E-state index is -0.575. The number of nitrogens with zero attached hydrogens (tertiary/aromatic N) is 6. The molecule has 0 saturated carbocycles. The molecule has 0 spiro atoms. The highest BCUT2D eigenvalue weighted by Crippen LogP contribution is 2.28. The molecule has 1 amide bonds.